The predicted octanol–water partition coefficient (Wildman–Crippen LogP) is 5.13. The second-order valence-corrected chi connectivity index (χ2v) is 12.7. The minimum Gasteiger partial charge on any atom is -0.384 e. The van der Waals surface area contributed by atoms with Crippen molar-refractivity contribution in [1.29, 1.82) is 0 Å². The fourth-order valence-electron chi connectivity index (χ4n) is 6.18. The van der Waals surface area contributed by atoms with E-state index in [2.05, 4.69) is 80.8 Å². The van der Waals surface area contributed by atoms with E-state index in [0.29, 0.717) is 17.7 Å². The zero-order chi connectivity index (χ0) is 29.4. The van der Waals surface area contributed by atoms with E-state index >= 15 is 0 Å². The lowest BCUT2D eigenvalue weighted by atomic mass is 10.0. The molecule has 5 heterocycles. The number of aromatic nitrogens is 4. The molecule has 0 atom stereocenters. The Balaban J connectivity index is 1.18. The topological polar surface area (TPSA) is 85.6 Å². The Morgan fingerprint density at radius 2 is 1.64 bits per heavy atom. The van der Waals surface area contributed by atoms with E-state index in [9.17, 15) is 5.11 Å². The van der Waals surface area contributed by atoms with Crippen LogP contribution in [0.5, 0.6) is 0 Å². The number of rotatable bonds is 7. The fraction of sp³-hybridized carbons (Fsp3) is 0.485. The zero-order valence-electron chi connectivity index (χ0n) is 25.6. The van der Waals surface area contributed by atoms with Crippen LogP contribution in [0.1, 0.15) is 57.8 Å². The lowest BCUT2D eigenvalue weighted by Crippen LogP contribution is -2.52. The summed E-state index contributed by atoms with van der Waals surface area (Å²) in [6.07, 6.45) is 4.32. The number of fused-ring (bicyclic) bond motifs is 1. The number of nitrogens with one attached hydrogen (secondary N) is 1. The molecule has 9 nitrogen and oxygen atoms in total. The highest BCUT2D eigenvalue weighted by Gasteiger charge is 2.27. The summed E-state index contributed by atoms with van der Waals surface area (Å²) in [6.45, 7) is 14.8. The monoisotopic (exact) mass is 568 g/mol. The number of aliphatic hydroxyl groups is 1. The minimum absolute atomic E-state index is 0.252. The van der Waals surface area contributed by atoms with Crippen LogP contribution >= 0.6 is 0 Å². The molecule has 0 spiro atoms. The Hall–Kier alpha value is -3.53. The molecule has 2 aliphatic rings. The molecule has 0 bridgehead atoms. The van der Waals surface area contributed by atoms with E-state index in [1.807, 2.05) is 24.4 Å². The lowest BCUT2D eigenvalue weighted by molar-refractivity contribution is 0.0738. The highest BCUT2D eigenvalue weighted by atomic mass is 16.3. The first kappa shape index (κ1) is 28.6. The molecule has 222 valence electrons. The van der Waals surface area contributed by atoms with E-state index in [1.165, 1.54) is 44.7 Å². The van der Waals surface area contributed by atoms with E-state index in [-0.39, 0.29) is 5.92 Å². The van der Waals surface area contributed by atoms with Crippen molar-refractivity contribution in [3.05, 3.63) is 66.1 Å². The van der Waals surface area contributed by atoms with Crippen LogP contribution in [-0.2, 0) is 5.60 Å². The van der Waals surface area contributed by atoms with Gasteiger partial charge in [0.2, 0.25) is 5.95 Å². The summed E-state index contributed by atoms with van der Waals surface area (Å²) in [5, 5.41) is 14.9. The van der Waals surface area contributed by atoms with Gasteiger partial charge >= 0.3 is 0 Å². The van der Waals surface area contributed by atoms with E-state index in [1.54, 1.807) is 13.8 Å². The van der Waals surface area contributed by atoms with Crippen LogP contribution in [0.3, 0.4) is 0 Å². The maximum atomic E-state index is 10.6. The zero-order valence-corrected chi connectivity index (χ0v) is 25.6. The number of hydrogen-bond donors (Lipinski definition) is 2. The van der Waals surface area contributed by atoms with E-state index in [4.69, 9.17) is 9.97 Å². The van der Waals surface area contributed by atoms with Gasteiger partial charge in [0.1, 0.15) is 11.4 Å². The maximum absolute atomic E-state index is 10.6. The molecule has 0 amide bonds. The van der Waals surface area contributed by atoms with Gasteiger partial charge in [-0.2, -0.15) is 4.98 Å². The number of piperidine rings is 1. The first-order chi connectivity index (χ1) is 20.2. The number of benzene rings is 1. The van der Waals surface area contributed by atoms with Gasteiger partial charge in [0.05, 0.1) is 5.69 Å². The SMILES string of the molecule is CC(C)c1cc2cnc(Nc3ccc(N4CCC(N5CCN(C)CC5)CC4)cc3)nc2n1-c1cccc(C(C)(C)O)n1. The van der Waals surface area contributed by atoms with E-state index in [0.717, 1.165) is 41.3 Å². The molecule has 3 aromatic heterocycles. The Kier molecular flexibility index (Phi) is 7.91. The van der Waals surface area contributed by atoms with Crippen molar-refractivity contribution in [3.8, 4) is 5.82 Å². The molecule has 0 aliphatic carbocycles. The molecule has 0 saturated carbocycles. The third-order valence-corrected chi connectivity index (χ3v) is 8.76. The van der Waals surface area contributed by atoms with Gasteiger partial charge in [0, 0.05) is 74.0 Å². The van der Waals surface area contributed by atoms with Crippen LogP contribution in [0.2, 0.25) is 0 Å². The number of piperazine rings is 1. The van der Waals surface area contributed by atoms with Crippen LogP contribution in [0, 0.1) is 0 Å². The summed E-state index contributed by atoms with van der Waals surface area (Å²) in [5.41, 5.74) is 3.68. The Bertz CT molecular complexity index is 1510. The molecular formula is C33H44N8O. The lowest BCUT2D eigenvalue weighted by Gasteiger charge is -2.42. The number of nitrogens with zero attached hydrogens (tertiary/aromatic N) is 7. The molecule has 2 fully saturated rings. The highest BCUT2D eigenvalue weighted by Crippen LogP contribution is 2.30. The van der Waals surface area contributed by atoms with Crippen molar-refractivity contribution >= 4 is 28.4 Å². The van der Waals surface area contributed by atoms with Crippen LogP contribution in [0.15, 0.2) is 54.7 Å². The quantitative estimate of drug-likeness (QED) is 0.318. The van der Waals surface area contributed by atoms with Gasteiger partial charge in [-0.05, 0) is 82.1 Å². The second kappa shape index (κ2) is 11.6. The summed E-state index contributed by atoms with van der Waals surface area (Å²) in [7, 11) is 2.22. The summed E-state index contributed by atoms with van der Waals surface area (Å²) in [5.74, 6) is 1.53. The average molecular weight is 569 g/mol. The number of hydrogen-bond acceptors (Lipinski definition) is 8. The van der Waals surface area contributed by atoms with Crippen molar-refractivity contribution in [2.45, 2.75) is 58.1 Å². The van der Waals surface area contributed by atoms with Gasteiger partial charge in [-0.3, -0.25) is 9.47 Å². The Morgan fingerprint density at radius 1 is 0.929 bits per heavy atom. The molecule has 1 aromatic carbocycles. The van der Waals surface area contributed by atoms with Crippen LogP contribution < -0.4 is 10.2 Å². The maximum Gasteiger partial charge on any atom is 0.229 e. The highest BCUT2D eigenvalue weighted by molar-refractivity contribution is 5.80. The van der Waals surface area contributed by atoms with Crippen molar-refractivity contribution < 1.29 is 5.11 Å². The van der Waals surface area contributed by atoms with Gasteiger partial charge in [-0.15, -0.1) is 0 Å². The molecule has 6 rings (SSSR count). The van der Waals surface area contributed by atoms with Gasteiger partial charge in [0.25, 0.3) is 0 Å². The van der Waals surface area contributed by atoms with E-state index < -0.39 is 5.60 Å². The van der Waals surface area contributed by atoms with Crippen molar-refractivity contribution in [2.75, 3.05) is 56.5 Å². The molecule has 0 radical (unpaired) electrons. The number of likely N-dealkylation sites (N-methyl/N-ethyl adjacent to an activating group) is 1. The van der Waals surface area contributed by atoms with Crippen LogP contribution in [0.4, 0.5) is 17.3 Å². The predicted molar refractivity (Wildman–Crippen MR) is 170 cm³/mol. The smallest absolute Gasteiger partial charge is 0.229 e. The van der Waals surface area contributed by atoms with Gasteiger partial charge < -0.3 is 20.2 Å². The molecule has 0 unspecified atom stereocenters. The summed E-state index contributed by atoms with van der Waals surface area (Å²) >= 11 is 0. The molecule has 2 aliphatic heterocycles. The molecule has 4 aromatic rings. The van der Waals surface area contributed by atoms with Gasteiger partial charge in [-0.25, -0.2) is 9.97 Å². The average Bonchev–Trinajstić information content (AvgIpc) is 3.37. The molecule has 2 N–H and O–H groups in total. The van der Waals surface area contributed by atoms with Gasteiger partial charge in [0.15, 0.2) is 5.65 Å². The Labute approximate surface area is 249 Å². The third kappa shape index (κ3) is 6.00. The molecule has 2 saturated heterocycles. The molecule has 9 heteroatoms. The summed E-state index contributed by atoms with van der Waals surface area (Å²) in [6, 6.07) is 17.2. The van der Waals surface area contributed by atoms with Crippen molar-refractivity contribution in [3.63, 3.8) is 0 Å². The first-order valence-electron chi connectivity index (χ1n) is 15.3. The van der Waals surface area contributed by atoms with Crippen molar-refractivity contribution in [2.24, 2.45) is 0 Å². The number of pyridine rings is 1. The van der Waals surface area contributed by atoms with Crippen LogP contribution in [-0.4, -0.2) is 86.8 Å². The summed E-state index contributed by atoms with van der Waals surface area (Å²) < 4.78 is 2.08. The van der Waals surface area contributed by atoms with Crippen molar-refractivity contribution in [1.82, 2.24) is 29.3 Å². The summed E-state index contributed by atoms with van der Waals surface area (Å²) in [4.78, 5) is 22.0. The number of anilines is 3. The standard InChI is InChI=1S/C33H44N8O/c1-23(2)28-21-24-22-34-32(37-31(24)41(28)30-8-6-7-29(36-30)33(3,4)42)35-25-9-11-26(12-10-25)39-15-13-27(14-16-39)40-19-17-38(5)18-20-40/h6-12,21-23,27,42H,13-20H2,1-5H3,(H,34,35,37). The minimum atomic E-state index is -1.04. The molecule has 42 heavy (non-hydrogen) atoms. The fourth-order valence-corrected chi connectivity index (χ4v) is 6.18. The Morgan fingerprint density at radius 3 is 2.31 bits per heavy atom. The normalized spacial score (nSPS) is 17.8. The molecular weight excluding hydrogens is 524 g/mol. The first-order valence-corrected chi connectivity index (χ1v) is 15.3. The second-order valence-electron chi connectivity index (χ2n) is 12.7. The largest absolute Gasteiger partial charge is 0.384 e. The van der Waals surface area contributed by atoms with Crippen LogP contribution in [0.25, 0.3) is 16.9 Å². The van der Waals surface area contributed by atoms with Gasteiger partial charge in [-0.1, -0.05) is 19.9 Å². The third-order valence-electron chi connectivity index (χ3n) is 8.76.